The molecule has 0 saturated carbocycles. The first-order chi connectivity index (χ1) is 5.09. The molecule has 0 rings (SSSR count). The van der Waals surface area contributed by atoms with Gasteiger partial charge in [-0.1, -0.05) is 0 Å². The largest absolute Gasteiger partial charge is 0.363 e. The maximum Gasteiger partial charge on any atom is 0.286 e. The predicted molar refractivity (Wildman–Crippen MR) is 52.4 cm³/mol. The van der Waals surface area contributed by atoms with E-state index < -0.39 is 17.7 Å². The summed E-state index contributed by atoms with van der Waals surface area (Å²) in [6.07, 6.45) is 2.41. The average molecular weight is 213 g/mol. The van der Waals surface area contributed by atoms with Crippen molar-refractivity contribution in [1.82, 2.24) is 0 Å². The lowest BCUT2D eigenvalue weighted by molar-refractivity contribution is -0.136. The molecular formula is C6H13ClN2O2S. The van der Waals surface area contributed by atoms with Gasteiger partial charge >= 0.3 is 0 Å². The van der Waals surface area contributed by atoms with Crippen LogP contribution in [0.3, 0.4) is 0 Å². The number of nitrogens with two attached hydrogens (primary N) is 2. The zero-order valence-electron chi connectivity index (χ0n) is 6.78. The van der Waals surface area contributed by atoms with Crippen molar-refractivity contribution in [2.75, 3.05) is 12.0 Å². The molecule has 0 aliphatic rings. The van der Waals surface area contributed by atoms with Crippen LogP contribution in [0.25, 0.3) is 0 Å². The molecule has 12 heavy (non-hydrogen) atoms. The Labute approximate surface area is 81.8 Å². The van der Waals surface area contributed by atoms with Crippen molar-refractivity contribution in [3.05, 3.63) is 0 Å². The lowest BCUT2D eigenvalue weighted by atomic mass is 10.1. The number of primary amides is 1. The van der Waals surface area contributed by atoms with Gasteiger partial charge in [0.1, 0.15) is 0 Å². The highest BCUT2D eigenvalue weighted by Crippen LogP contribution is 1.98. The minimum atomic E-state index is -0.946. The number of hydrogen-bond acceptors (Lipinski definition) is 4. The highest BCUT2D eigenvalue weighted by molar-refractivity contribution is 7.98. The number of thioether (sulfide) groups is 1. The summed E-state index contributed by atoms with van der Waals surface area (Å²) < 4.78 is 0. The number of carbonyl (C=O) groups is 2. The molecule has 4 N–H and O–H groups in total. The zero-order valence-corrected chi connectivity index (χ0v) is 8.41. The molecule has 6 heteroatoms. The lowest BCUT2D eigenvalue weighted by Crippen LogP contribution is -2.40. The van der Waals surface area contributed by atoms with Crippen molar-refractivity contribution in [3.63, 3.8) is 0 Å². The number of rotatable bonds is 5. The number of carbonyl (C=O) groups excluding carboxylic acids is 2. The average Bonchev–Trinajstić information content (AvgIpc) is 1.98. The summed E-state index contributed by atoms with van der Waals surface area (Å²) in [6.45, 7) is 0. The van der Waals surface area contributed by atoms with Crippen LogP contribution < -0.4 is 11.5 Å². The molecule has 0 heterocycles. The number of Topliss-reactive ketones (excluding diaryl/α,β-unsaturated/α-hetero) is 1. The Kier molecular flexibility index (Phi) is 8.79. The van der Waals surface area contributed by atoms with Crippen LogP contribution in [0.5, 0.6) is 0 Å². The Bertz CT molecular complexity index is 166. The standard InChI is InChI=1S/C6H12N2O2S.ClH/c1-11-3-2-4(7)5(9)6(8)10;/h4H,2-3,7H2,1H3,(H2,8,10);1H. The predicted octanol–water partition coefficient (Wildman–Crippen LogP) is -0.457. The summed E-state index contributed by atoms with van der Waals surface area (Å²) in [5, 5.41) is 0. The lowest BCUT2D eigenvalue weighted by Gasteiger charge is -2.05. The minimum Gasteiger partial charge on any atom is -0.363 e. The summed E-state index contributed by atoms with van der Waals surface area (Å²) >= 11 is 1.57. The van der Waals surface area contributed by atoms with E-state index in [1.807, 2.05) is 6.26 Å². The molecule has 0 bridgehead atoms. The van der Waals surface area contributed by atoms with E-state index in [1.165, 1.54) is 0 Å². The molecule has 4 nitrogen and oxygen atoms in total. The third-order valence-corrected chi connectivity index (χ3v) is 1.86. The Morgan fingerprint density at radius 3 is 2.33 bits per heavy atom. The molecule has 0 aliphatic carbocycles. The first-order valence-corrected chi connectivity index (χ1v) is 4.57. The highest BCUT2D eigenvalue weighted by Gasteiger charge is 2.17. The van der Waals surface area contributed by atoms with Crippen LogP contribution in [0.15, 0.2) is 0 Å². The second-order valence-electron chi connectivity index (χ2n) is 2.12. The maximum atomic E-state index is 10.7. The van der Waals surface area contributed by atoms with Crippen LogP contribution in [0.2, 0.25) is 0 Å². The molecule has 0 spiro atoms. The molecule has 1 amide bonds. The molecule has 0 aromatic heterocycles. The Balaban J connectivity index is 0. The molecule has 1 atom stereocenters. The molecule has 1 unspecified atom stereocenters. The fourth-order valence-corrected chi connectivity index (χ4v) is 1.05. The topological polar surface area (TPSA) is 86.2 Å². The van der Waals surface area contributed by atoms with Crippen LogP contribution in [0.1, 0.15) is 6.42 Å². The Morgan fingerprint density at radius 2 is 2.00 bits per heavy atom. The third kappa shape index (κ3) is 5.40. The van der Waals surface area contributed by atoms with Crippen molar-refractivity contribution in [2.24, 2.45) is 11.5 Å². The molecule has 0 radical (unpaired) electrons. The van der Waals surface area contributed by atoms with Crippen LogP contribution in [0.4, 0.5) is 0 Å². The van der Waals surface area contributed by atoms with E-state index in [0.29, 0.717) is 6.42 Å². The fourth-order valence-electron chi connectivity index (χ4n) is 0.559. The molecule has 72 valence electrons. The van der Waals surface area contributed by atoms with E-state index in [2.05, 4.69) is 0 Å². The summed E-state index contributed by atoms with van der Waals surface area (Å²) in [5.41, 5.74) is 10.1. The summed E-state index contributed by atoms with van der Waals surface area (Å²) in [7, 11) is 0. The Morgan fingerprint density at radius 1 is 1.50 bits per heavy atom. The SMILES string of the molecule is CSCCC(N)C(=O)C(N)=O.Cl. The van der Waals surface area contributed by atoms with E-state index in [0.717, 1.165) is 5.75 Å². The van der Waals surface area contributed by atoms with Crippen LogP contribution >= 0.6 is 24.2 Å². The van der Waals surface area contributed by atoms with Gasteiger partial charge in [-0.05, 0) is 18.4 Å². The summed E-state index contributed by atoms with van der Waals surface area (Å²) in [5.74, 6) is -0.863. The fraction of sp³-hybridized carbons (Fsp3) is 0.667. The van der Waals surface area contributed by atoms with E-state index in [4.69, 9.17) is 11.5 Å². The monoisotopic (exact) mass is 212 g/mol. The van der Waals surface area contributed by atoms with Gasteiger partial charge in [0.25, 0.3) is 5.91 Å². The highest BCUT2D eigenvalue weighted by atomic mass is 35.5. The minimum absolute atomic E-state index is 0. The van der Waals surface area contributed by atoms with Crippen molar-refractivity contribution in [1.29, 1.82) is 0 Å². The van der Waals surface area contributed by atoms with Gasteiger partial charge in [0.15, 0.2) is 0 Å². The number of ketones is 1. The van der Waals surface area contributed by atoms with E-state index in [1.54, 1.807) is 11.8 Å². The number of halogens is 1. The third-order valence-electron chi connectivity index (χ3n) is 1.21. The molecule has 0 aromatic rings. The van der Waals surface area contributed by atoms with Gasteiger partial charge in [0, 0.05) is 0 Å². The normalized spacial score (nSPS) is 11.5. The van der Waals surface area contributed by atoms with E-state index in [9.17, 15) is 9.59 Å². The van der Waals surface area contributed by atoms with Crippen molar-refractivity contribution >= 4 is 35.9 Å². The van der Waals surface area contributed by atoms with Gasteiger partial charge in [-0.15, -0.1) is 12.4 Å². The number of amides is 1. The van der Waals surface area contributed by atoms with E-state index >= 15 is 0 Å². The van der Waals surface area contributed by atoms with Gasteiger partial charge in [-0.3, -0.25) is 9.59 Å². The van der Waals surface area contributed by atoms with Gasteiger partial charge in [0.05, 0.1) is 6.04 Å². The molecule has 0 aliphatic heterocycles. The smallest absolute Gasteiger partial charge is 0.286 e. The molecule has 0 aromatic carbocycles. The Hall–Kier alpha value is -0.260. The van der Waals surface area contributed by atoms with Gasteiger partial charge in [-0.25, -0.2) is 0 Å². The quantitative estimate of drug-likeness (QED) is 0.604. The first-order valence-electron chi connectivity index (χ1n) is 3.17. The van der Waals surface area contributed by atoms with Gasteiger partial charge in [-0.2, -0.15) is 11.8 Å². The van der Waals surface area contributed by atoms with E-state index in [-0.39, 0.29) is 12.4 Å². The zero-order chi connectivity index (χ0) is 8.85. The summed E-state index contributed by atoms with van der Waals surface area (Å²) in [6, 6.07) is -0.722. The second-order valence-corrected chi connectivity index (χ2v) is 3.10. The molecule has 0 fully saturated rings. The van der Waals surface area contributed by atoms with Gasteiger partial charge < -0.3 is 11.5 Å². The van der Waals surface area contributed by atoms with Crippen LogP contribution in [-0.2, 0) is 9.59 Å². The van der Waals surface area contributed by atoms with Crippen LogP contribution in [0, 0.1) is 0 Å². The molecule has 0 saturated heterocycles. The van der Waals surface area contributed by atoms with Crippen LogP contribution in [-0.4, -0.2) is 29.7 Å². The first kappa shape index (κ1) is 14.3. The molecular weight excluding hydrogens is 200 g/mol. The van der Waals surface area contributed by atoms with Crippen molar-refractivity contribution < 1.29 is 9.59 Å². The maximum absolute atomic E-state index is 10.7. The second kappa shape index (κ2) is 7.39. The van der Waals surface area contributed by atoms with Crippen molar-refractivity contribution in [2.45, 2.75) is 12.5 Å². The van der Waals surface area contributed by atoms with Gasteiger partial charge in [0.2, 0.25) is 5.78 Å². The number of hydrogen-bond donors (Lipinski definition) is 2. The van der Waals surface area contributed by atoms with Crippen molar-refractivity contribution in [3.8, 4) is 0 Å². The summed E-state index contributed by atoms with van der Waals surface area (Å²) in [4.78, 5) is 21.0.